The van der Waals surface area contributed by atoms with Crippen molar-refractivity contribution in [3.8, 4) is 0 Å². The number of halogens is 1. The average Bonchev–Trinajstić information content (AvgIpc) is 3.04. The van der Waals surface area contributed by atoms with Crippen molar-refractivity contribution in [3.05, 3.63) is 40.9 Å². The fraction of sp³-hybridized carbons (Fsp3) is 0.385. The summed E-state index contributed by atoms with van der Waals surface area (Å²) in [4.78, 5) is 0. The molecule has 1 saturated carbocycles. The molecule has 1 aromatic rings. The van der Waals surface area contributed by atoms with Crippen LogP contribution in [0.25, 0.3) is 0 Å². The molecule has 0 unspecified atom stereocenters. The average molecular weight is 222 g/mol. The van der Waals surface area contributed by atoms with Gasteiger partial charge in [0, 0.05) is 17.8 Å². The molecule has 1 aliphatic carbocycles. The summed E-state index contributed by atoms with van der Waals surface area (Å²) in [7, 11) is 1.93. The summed E-state index contributed by atoms with van der Waals surface area (Å²) in [6, 6.07) is 4.27. The molecule has 15 heavy (non-hydrogen) atoms. The minimum atomic E-state index is 0.701. The molecule has 1 fully saturated rings. The van der Waals surface area contributed by atoms with E-state index in [0.29, 0.717) is 5.92 Å². The Morgan fingerprint density at radius 3 is 2.80 bits per heavy atom. The highest BCUT2D eigenvalue weighted by atomic mass is 35.5. The molecule has 1 aromatic carbocycles. The van der Waals surface area contributed by atoms with E-state index in [1.54, 1.807) is 0 Å². The van der Waals surface area contributed by atoms with Crippen LogP contribution in [0.3, 0.4) is 0 Å². The van der Waals surface area contributed by atoms with Gasteiger partial charge in [0.25, 0.3) is 0 Å². The molecule has 0 heterocycles. The molecule has 0 bridgehead atoms. The van der Waals surface area contributed by atoms with Gasteiger partial charge < -0.3 is 5.32 Å². The summed E-state index contributed by atoms with van der Waals surface area (Å²) >= 11 is 6.25. The standard InChI is InChI=1S/C13H16ClN/c1-3-4-10-7-11(9-5-6-9)12(14)8-13(10)15-2/h3,7-9,15H,1,4-6H2,2H3. The molecule has 0 saturated heterocycles. The Labute approximate surface area is 96.1 Å². The lowest BCUT2D eigenvalue weighted by Gasteiger charge is -2.11. The number of rotatable bonds is 4. The first-order valence-corrected chi connectivity index (χ1v) is 5.75. The Bertz CT molecular complexity index is 380. The summed E-state index contributed by atoms with van der Waals surface area (Å²) in [6.45, 7) is 3.78. The third kappa shape index (κ3) is 2.18. The second kappa shape index (κ2) is 4.28. The monoisotopic (exact) mass is 221 g/mol. The van der Waals surface area contributed by atoms with Crippen LogP contribution < -0.4 is 5.32 Å². The molecule has 1 N–H and O–H groups in total. The van der Waals surface area contributed by atoms with Crippen molar-refractivity contribution in [3.63, 3.8) is 0 Å². The number of allylic oxidation sites excluding steroid dienone is 1. The maximum Gasteiger partial charge on any atom is 0.0461 e. The zero-order chi connectivity index (χ0) is 10.8. The highest BCUT2D eigenvalue weighted by molar-refractivity contribution is 6.31. The van der Waals surface area contributed by atoms with Crippen molar-refractivity contribution < 1.29 is 0 Å². The van der Waals surface area contributed by atoms with E-state index in [4.69, 9.17) is 11.6 Å². The van der Waals surface area contributed by atoms with Crippen LogP contribution in [-0.2, 0) is 6.42 Å². The van der Waals surface area contributed by atoms with Crippen molar-refractivity contribution in [1.82, 2.24) is 0 Å². The van der Waals surface area contributed by atoms with Crippen LogP contribution in [0.1, 0.15) is 29.9 Å². The Morgan fingerprint density at radius 2 is 2.27 bits per heavy atom. The van der Waals surface area contributed by atoms with Crippen LogP contribution in [0.15, 0.2) is 24.8 Å². The summed E-state index contributed by atoms with van der Waals surface area (Å²) in [5, 5.41) is 4.07. The van der Waals surface area contributed by atoms with Crippen molar-refractivity contribution >= 4 is 17.3 Å². The van der Waals surface area contributed by atoms with Crippen LogP contribution in [0.4, 0.5) is 5.69 Å². The zero-order valence-electron chi connectivity index (χ0n) is 9.02. The van der Waals surface area contributed by atoms with Gasteiger partial charge in [0.2, 0.25) is 0 Å². The van der Waals surface area contributed by atoms with E-state index in [-0.39, 0.29) is 0 Å². The first-order chi connectivity index (χ1) is 7.26. The molecule has 0 aliphatic heterocycles. The fourth-order valence-corrected chi connectivity index (χ4v) is 2.22. The Morgan fingerprint density at radius 1 is 1.53 bits per heavy atom. The molecule has 1 aliphatic rings. The SMILES string of the molecule is C=CCc1cc(C2CC2)c(Cl)cc1NC. The largest absolute Gasteiger partial charge is 0.388 e. The van der Waals surface area contributed by atoms with Gasteiger partial charge in [0.1, 0.15) is 0 Å². The van der Waals surface area contributed by atoms with Crippen LogP contribution in [0, 0.1) is 0 Å². The van der Waals surface area contributed by atoms with Crippen LogP contribution in [-0.4, -0.2) is 7.05 Å². The van der Waals surface area contributed by atoms with Crippen molar-refractivity contribution in [2.75, 3.05) is 12.4 Å². The number of anilines is 1. The van der Waals surface area contributed by atoms with Gasteiger partial charge in [-0.25, -0.2) is 0 Å². The van der Waals surface area contributed by atoms with Gasteiger partial charge in [-0.3, -0.25) is 0 Å². The Hall–Kier alpha value is -0.950. The molecule has 80 valence electrons. The summed E-state index contributed by atoms with van der Waals surface area (Å²) in [5.74, 6) is 0.701. The first-order valence-electron chi connectivity index (χ1n) is 5.37. The third-order valence-corrected chi connectivity index (χ3v) is 3.20. The molecule has 0 atom stereocenters. The van der Waals surface area contributed by atoms with Crippen molar-refractivity contribution in [2.24, 2.45) is 0 Å². The predicted octanol–water partition coefficient (Wildman–Crippen LogP) is 3.99. The van der Waals surface area contributed by atoms with Gasteiger partial charge in [-0.2, -0.15) is 0 Å². The van der Waals surface area contributed by atoms with Gasteiger partial charge in [-0.1, -0.05) is 23.7 Å². The van der Waals surface area contributed by atoms with Gasteiger partial charge in [-0.05, 0) is 42.4 Å². The van der Waals surface area contributed by atoms with E-state index in [1.807, 2.05) is 19.2 Å². The molecule has 0 aromatic heterocycles. The molecule has 2 rings (SSSR count). The zero-order valence-corrected chi connectivity index (χ0v) is 9.77. The maximum absolute atomic E-state index is 6.25. The molecule has 2 heteroatoms. The molecular formula is C13H16ClN. The van der Waals surface area contributed by atoms with E-state index in [2.05, 4.69) is 18.0 Å². The number of hydrogen-bond donors (Lipinski definition) is 1. The second-order valence-electron chi connectivity index (χ2n) is 4.05. The van der Waals surface area contributed by atoms with Gasteiger partial charge >= 0.3 is 0 Å². The summed E-state index contributed by atoms with van der Waals surface area (Å²) in [6.07, 6.45) is 5.39. The number of benzene rings is 1. The lowest BCUT2D eigenvalue weighted by atomic mass is 10.0. The van der Waals surface area contributed by atoms with E-state index in [9.17, 15) is 0 Å². The molecule has 0 spiro atoms. The first kappa shape index (κ1) is 10.6. The van der Waals surface area contributed by atoms with Crippen molar-refractivity contribution in [2.45, 2.75) is 25.2 Å². The smallest absolute Gasteiger partial charge is 0.0461 e. The highest BCUT2D eigenvalue weighted by Crippen LogP contribution is 2.44. The van der Waals surface area contributed by atoms with Crippen LogP contribution in [0.2, 0.25) is 5.02 Å². The molecular weight excluding hydrogens is 206 g/mol. The molecule has 0 amide bonds. The summed E-state index contributed by atoms with van der Waals surface area (Å²) in [5.41, 5.74) is 3.72. The normalized spacial score (nSPS) is 15.1. The minimum Gasteiger partial charge on any atom is -0.388 e. The van der Waals surface area contributed by atoms with Gasteiger partial charge in [0.15, 0.2) is 0 Å². The fourth-order valence-electron chi connectivity index (χ4n) is 1.90. The Balaban J connectivity index is 2.40. The van der Waals surface area contributed by atoms with E-state index < -0.39 is 0 Å². The predicted molar refractivity (Wildman–Crippen MR) is 66.9 cm³/mol. The van der Waals surface area contributed by atoms with Gasteiger partial charge in [-0.15, -0.1) is 6.58 Å². The highest BCUT2D eigenvalue weighted by Gasteiger charge is 2.26. The van der Waals surface area contributed by atoms with Crippen molar-refractivity contribution in [1.29, 1.82) is 0 Å². The topological polar surface area (TPSA) is 12.0 Å². The molecule has 0 radical (unpaired) electrons. The van der Waals surface area contributed by atoms with Crippen LogP contribution in [0.5, 0.6) is 0 Å². The minimum absolute atomic E-state index is 0.701. The maximum atomic E-state index is 6.25. The number of hydrogen-bond acceptors (Lipinski definition) is 1. The lowest BCUT2D eigenvalue weighted by Crippen LogP contribution is -1.97. The van der Waals surface area contributed by atoms with E-state index in [0.717, 1.165) is 17.1 Å². The Kier molecular flexibility index (Phi) is 3.01. The number of nitrogens with one attached hydrogen (secondary N) is 1. The summed E-state index contributed by atoms with van der Waals surface area (Å²) < 4.78 is 0. The van der Waals surface area contributed by atoms with Gasteiger partial charge in [0.05, 0.1) is 0 Å². The lowest BCUT2D eigenvalue weighted by molar-refractivity contribution is 1.11. The second-order valence-corrected chi connectivity index (χ2v) is 4.46. The van der Waals surface area contributed by atoms with E-state index >= 15 is 0 Å². The molecule has 1 nitrogen and oxygen atoms in total. The van der Waals surface area contributed by atoms with Crippen LogP contribution >= 0.6 is 11.6 Å². The third-order valence-electron chi connectivity index (χ3n) is 2.87. The van der Waals surface area contributed by atoms with E-state index in [1.165, 1.54) is 24.0 Å². The quantitative estimate of drug-likeness (QED) is 0.759.